The summed E-state index contributed by atoms with van der Waals surface area (Å²) in [5.74, 6) is 0.0439. The van der Waals surface area contributed by atoms with Crippen molar-refractivity contribution in [3.8, 4) is 0 Å². The van der Waals surface area contributed by atoms with E-state index in [-0.39, 0.29) is 16.1 Å². The lowest BCUT2D eigenvalue weighted by molar-refractivity contribution is -0.130. The minimum absolute atomic E-state index is 0.0788. The van der Waals surface area contributed by atoms with Crippen LogP contribution in [0.4, 0.5) is 5.69 Å². The van der Waals surface area contributed by atoms with Crippen molar-refractivity contribution >= 4 is 46.2 Å². The van der Waals surface area contributed by atoms with E-state index in [1.807, 2.05) is 30.3 Å². The van der Waals surface area contributed by atoms with E-state index in [1.54, 1.807) is 26.0 Å². The zero-order chi connectivity index (χ0) is 24.6. The number of nitrogens with one attached hydrogen (secondary N) is 1. The molecule has 2 rings (SSSR count). The van der Waals surface area contributed by atoms with E-state index in [0.717, 1.165) is 23.0 Å². The molecule has 0 saturated heterocycles. The van der Waals surface area contributed by atoms with Crippen LogP contribution in [0.5, 0.6) is 0 Å². The number of aryl methyl sites for hydroxylation is 1. The first-order valence-corrected chi connectivity index (χ1v) is 12.5. The highest BCUT2D eigenvalue weighted by atomic mass is 32.2. The zero-order valence-electron chi connectivity index (χ0n) is 20.0. The molecule has 0 spiro atoms. The molecule has 0 fully saturated rings. The highest BCUT2D eigenvalue weighted by molar-refractivity contribution is 8.14. The van der Waals surface area contributed by atoms with Crippen LogP contribution in [0, 0.1) is 5.41 Å². The van der Waals surface area contributed by atoms with Crippen molar-refractivity contribution < 1.29 is 14.4 Å². The molecule has 178 valence electrons. The van der Waals surface area contributed by atoms with Crippen LogP contribution in [0.1, 0.15) is 50.0 Å². The number of hydrogen-bond acceptors (Lipinski definition) is 5. The molecule has 0 aliphatic rings. The van der Waals surface area contributed by atoms with Crippen LogP contribution in [0.2, 0.25) is 0 Å². The number of carbonyl (C=O) groups excluding carboxylic acids is 3. The van der Waals surface area contributed by atoms with Gasteiger partial charge in [0, 0.05) is 30.1 Å². The van der Waals surface area contributed by atoms with Gasteiger partial charge in [-0.3, -0.25) is 14.4 Å². The van der Waals surface area contributed by atoms with E-state index in [4.69, 9.17) is 0 Å². The number of amides is 1. The number of hydrogen-bond donors (Lipinski definition) is 2. The summed E-state index contributed by atoms with van der Waals surface area (Å²) in [6.45, 7) is 7.82. The molecule has 1 atom stereocenters. The third-order valence-electron chi connectivity index (χ3n) is 5.63. The van der Waals surface area contributed by atoms with E-state index < -0.39 is 11.5 Å². The Hall–Kier alpha value is -2.25. The van der Waals surface area contributed by atoms with Crippen LogP contribution in [-0.2, 0) is 16.0 Å². The molecule has 0 heterocycles. The highest BCUT2D eigenvalue weighted by Gasteiger charge is 2.31. The standard InChI is InChI=1S/C26H34N2O3S2/c1-18(2)28(5)21-14-11-19(12-15-21)13-16-22(23(29)32)27-25(31)26(3,4)17-33-24(30)20-9-7-6-8-10-20/h6-12,14-15,18,22H,13,16-17H2,1-5H3,(H,27,31)(H,29,32)/t22-/m1/s1. The number of anilines is 1. The van der Waals surface area contributed by atoms with Gasteiger partial charge < -0.3 is 10.2 Å². The summed E-state index contributed by atoms with van der Waals surface area (Å²) in [4.78, 5) is 39.5. The number of thioether (sulfide) groups is 1. The molecule has 2 aromatic carbocycles. The Morgan fingerprint density at radius 2 is 1.64 bits per heavy atom. The van der Waals surface area contributed by atoms with Crippen molar-refractivity contribution in [3.05, 3.63) is 65.7 Å². The van der Waals surface area contributed by atoms with E-state index in [1.165, 1.54) is 0 Å². The quantitative estimate of drug-likeness (QED) is 0.437. The third-order valence-corrected chi connectivity index (χ3v) is 7.31. The Bertz CT molecular complexity index is 944. The summed E-state index contributed by atoms with van der Waals surface area (Å²) in [5, 5.41) is 2.39. The van der Waals surface area contributed by atoms with Gasteiger partial charge in [0.1, 0.15) is 0 Å². The molecule has 0 unspecified atom stereocenters. The van der Waals surface area contributed by atoms with Crippen LogP contribution in [-0.4, -0.2) is 41.0 Å². The van der Waals surface area contributed by atoms with Gasteiger partial charge in [-0.25, -0.2) is 0 Å². The summed E-state index contributed by atoms with van der Waals surface area (Å²) < 4.78 is 0. The summed E-state index contributed by atoms with van der Waals surface area (Å²) >= 11 is 5.10. The van der Waals surface area contributed by atoms with Gasteiger partial charge in [0.05, 0.1) is 11.5 Å². The first-order valence-electron chi connectivity index (χ1n) is 11.1. The average Bonchev–Trinajstić information content (AvgIpc) is 2.80. The molecule has 33 heavy (non-hydrogen) atoms. The molecule has 1 N–H and O–H groups in total. The minimum Gasteiger partial charge on any atom is -0.372 e. The summed E-state index contributed by atoms with van der Waals surface area (Å²) in [5.41, 5.74) is 2.01. The average molecular weight is 487 g/mol. The lowest BCUT2D eigenvalue weighted by Gasteiger charge is -2.26. The van der Waals surface area contributed by atoms with Crippen molar-refractivity contribution in [1.82, 2.24) is 5.32 Å². The van der Waals surface area contributed by atoms with E-state index in [0.29, 0.717) is 30.2 Å². The number of benzene rings is 2. The Balaban J connectivity index is 1.92. The van der Waals surface area contributed by atoms with Gasteiger partial charge in [0.25, 0.3) is 0 Å². The van der Waals surface area contributed by atoms with Crippen molar-refractivity contribution in [2.24, 2.45) is 5.41 Å². The van der Waals surface area contributed by atoms with Crippen molar-refractivity contribution in [2.45, 2.75) is 52.6 Å². The Morgan fingerprint density at radius 3 is 2.18 bits per heavy atom. The normalized spacial score (nSPS) is 12.3. The third kappa shape index (κ3) is 8.23. The SMILES string of the molecule is CC(C)N(C)c1ccc(CC[C@@H](NC(=O)C(C)(C)CSC(=O)c2ccccc2)C(=O)S)cc1. The predicted octanol–water partition coefficient (Wildman–Crippen LogP) is 5.00. The molecule has 7 heteroatoms. The molecule has 0 aliphatic heterocycles. The maximum atomic E-state index is 12.9. The first-order chi connectivity index (χ1) is 15.5. The molecule has 2 aromatic rings. The smallest absolute Gasteiger partial charge is 0.227 e. The minimum atomic E-state index is -0.820. The molecule has 0 aromatic heterocycles. The summed E-state index contributed by atoms with van der Waals surface area (Å²) in [6, 6.07) is 16.9. The fourth-order valence-electron chi connectivity index (χ4n) is 3.09. The van der Waals surface area contributed by atoms with Crippen molar-refractivity contribution in [3.63, 3.8) is 0 Å². The number of rotatable bonds is 11. The van der Waals surface area contributed by atoms with Gasteiger partial charge in [-0.15, -0.1) is 12.6 Å². The van der Waals surface area contributed by atoms with E-state index in [2.05, 4.69) is 55.9 Å². The molecule has 0 aliphatic carbocycles. The summed E-state index contributed by atoms with van der Waals surface area (Å²) in [6.07, 6.45) is 1.10. The first kappa shape index (κ1) is 27.0. The Kier molecular flexibility index (Phi) is 10.0. The second-order valence-corrected chi connectivity index (χ2v) is 10.5. The molecule has 0 radical (unpaired) electrons. The molecule has 0 bridgehead atoms. The number of carbonyl (C=O) groups is 3. The number of thiol groups is 1. The second kappa shape index (κ2) is 12.3. The Labute approximate surface area is 207 Å². The van der Waals surface area contributed by atoms with Gasteiger partial charge in [0.15, 0.2) is 0 Å². The molecule has 0 saturated carbocycles. The monoisotopic (exact) mass is 486 g/mol. The van der Waals surface area contributed by atoms with Crippen molar-refractivity contribution in [2.75, 3.05) is 17.7 Å². The maximum absolute atomic E-state index is 12.9. The second-order valence-electron chi connectivity index (χ2n) is 9.10. The van der Waals surface area contributed by atoms with Crippen molar-refractivity contribution in [1.29, 1.82) is 0 Å². The van der Waals surface area contributed by atoms with Gasteiger partial charge in [-0.05, 0) is 44.4 Å². The predicted molar refractivity (Wildman–Crippen MR) is 141 cm³/mol. The Morgan fingerprint density at radius 1 is 1.03 bits per heavy atom. The van der Waals surface area contributed by atoms with Gasteiger partial charge in [-0.1, -0.05) is 68.1 Å². The number of nitrogens with zero attached hydrogens (tertiary/aromatic N) is 1. The van der Waals surface area contributed by atoms with Crippen LogP contribution in [0.15, 0.2) is 54.6 Å². The van der Waals surface area contributed by atoms with Crippen LogP contribution in [0.25, 0.3) is 0 Å². The van der Waals surface area contributed by atoms with Crippen LogP contribution >= 0.6 is 24.4 Å². The fraction of sp³-hybridized carbons (Fsp3) is 0.423. The largest absolute Gasteiger partial charge is 0.372 e. The molecular weight excluding hydrogens is 452 g/mol. The summed E-state index contributed by atoms with van der Waals surface area (Å²) in [7, 11) is 2.05. The van der Waals surface area contributed by atoms with Crippen LogP contribution in [0.3, 0.4) is 0 Å². The topological polar surface area (TPSA) is 66.5 Å². The molecule has 1 amide bonds. The van der Waals surface area contributed by atoms with Crippen LogP contribution < -0.4 is 10.2 Å². The lowest BCUT2D eigenvalue weighted by atomic mass is 9.94. The van der Waals surface area contributed by atoms with E-state index >= 15 is 0 Å². The fourth-order valence-corrected chi connectivity index (χ4v) is 4.21. The molecule has 5 nitrogen and oxygen atoms in total. The highest BCUT2D eigenvalue weighted by Crippen LogP contribution is 2.25. The lowest BCUT2D eigenvalue weighted by Crippen LogP contribution is -2.46. The van der Waals surface area contributed by atoms with Gasteiger partial charge in [-0.2, -0.15) is 0 Å². The zero-order valence-corrected chi connectivity index (χ0v) is 21.7. The maximum Gasteiger partial charge on any atom is 0.227 e. The molecular formula is C26H34N2O3S2. The van der Waals surface area contributed by atoms with Gasteiger partial charge >= 0.3 is 0 Å². The van der Waals surface area contributed by atoms with Gasteiger partial charge in [0.2, 0.25) is 16.1 Å². The van der Waals surface area contributed by atoms with E-state index in [9.17, 15) is 14.4 Å².